The number of nitrogens with zero attached hydrogens (tertiary/aromatic N) is 2. The maximum atomic E-state index is 12.8. The molecule has 1 N–H and O–H groups in total. The minimum atomic E-state index is -0.243. The summed E-state index contributed by atoms with van der Waals surface area (Å²) in [6, 6.07) is 11.6. The number of hydrogen-bond donors (Lipinski definition) is 1. The van der Waals surface area contributed by atoms with Crippen LogP contribution in [-0.2, 0) is 16.1 Å². The van der Waals surface area contributed by atoms with E-state index >= 15 is 0 Å². The summed E-state index contributed by atoms with van der Waals surface area (Å²) in [6.07, 6.45) is 4.41. The predicted octanol–water partition coefficient (Wildman–Crippen LogP) is 2.62. The Morgan fingerprint density at radius 3 is 2.56 bits per heavy atom. The summed E-state index contributed by atoms with van der Waals surface area (Å²) in [5, 5.41) is 3.01. The average molecular weight is 337 g/mol. The van der Waals surface area contributed by atoms with Crippen LogP contribution in [0.2, 0.25) is 0 Å². The van der Waals surface area contributed by atoms with Crippen molar-refractivity contribution in [2.75, 3.05) is 7.05 Å². The molecule has 130 valence electrons. The van der Waals surface area contributed by atoms with Crippen molar-refractivity contribution in [2.24, 2.45) is 5.92 Å². The maximum Gasteiger partial charge on any atom is 0.225 e. The van der Waals surface area contributed by atoms with Gasteiger partial charge in [-0.2, -0.15) is 0 Å². The van der Waals surface area contributed by atoms with Crippen LogP contribution in [0, 0.1) is 12.8 Å². The molecule has 0 spiro atoms. The van der Waals surface area contributed by atoms with Gasteiger partial charge in [-0.05, 0) is 36.6 Å². The lowest BCUT2D eigenvalue weighted by atomic mass is 9.83. The number of pyridine rings is 1. The van der Waals surface area contributed by atoms with Gasteiger partial charge in [0.25, 0.3) is 0 Å². The summed E-state index contributed by atoms with van der Waals surface area (Å²) in [4.78, 5) is 30.7. The molecule has 0 radical (unpaired) electrons. The molecule has 1 aromatic heterocycles. The lowest BCUT2D eigenvalue weighted by Gasteiger charge is -2.38. The number of hydrogen-bond acceptors (Lipinski definition) is 3. The molecule has 0 bridgehead atoms. The third kappa shape index (κ3) is 3.87. The molecule has 0 aliphatic carbocycles. The Kier molecular flexibility index (Phi) is 5.12. The Labute approximate surface area is 148 Å². The molecule has 1 aromatic carbocycles. The molecule has 25 heavy (non-hydrogen) atoms. The summed E-state index contributed by atoms with van der Waals surface area (Å²) in [5.74, 6) is -0.169. The van der Waals surface area contributed by atoms with E-state index in [-0.39, 0.29) is 23.8 Å². The van der Waals surface area contributed by atoms with Crippen molar-refractivity contribution in [1.82, 2.24) is 15.2 Å². The zero-order valence-corrected chi connectivity index (χ0v) is 14.6. The van der Waals surface area contributed by atoms with Crippen LogP contribution < -0.4 is 5.32 Å². The zero-order valence-electron chi connectivity index (χ0n) is 14.6. The van der Waals surface area contributed by atoms with Gasteiger partial charge in [0.15, 0.2) is 0 Å². The van der Waals surface area contributed by atoms with Crippen LogP contribution >= 0.6 is 0 Å². The molecule has 0 unspecified atom stereocenters. The van der Waals surface area contributed by atoms with Crippen molar-refractivity contribution in [1.29, 1.82) is 0 Å². The molecule has 1 aliphatic rings. The van der Waals surface area contributed by atoms with Gasteiger partial charge in [0, 0.05) is 32.4 Å². The Morgan fingerprint density at radius 1 is 1.20 bits per heavy atom. The van der Waals surface area contributed by atoms with Gasteiger partial charge in [-0.15, -0.1) is 0 Å². The fraction of sp³-hybridized carbons (Fsp3) is 0.350. The highest BCUT2D eigenvalue weighted by atomic mass is 16.2. The summed E-state index contributed by atoms with van der Waals surface area (Å²) in [5.41, 5.74) is 3.17. The van der Waals surface area contributed by atoms with Gasteiger partial charge >= 0.3 is 0 Å². The molecule has 1 saturated heterocycles. The van der Waals surface area contributed by atoms with Crippen LogP contribution in [0.3, 0.4) is 0 Å². The van der Waals surface area contributed by atoms with Crippen LogP contribution in [-0.4, -0.2) is 28.7 Å². The number of rotatable bonds is 4. The smallest absolute Gasteiger partial charge is 0.225 e. The van der Waals surface area contributed by atoms with Crippen molar-refractivity contribution in [2.45, 2.75) is 32.4 Å². The molecule has 0 saturated carbocycles. The normalized spacial score (nSPS) is 20.4. The largest absolute Gasteiger partial charge is 0.352 e. The van der Waals surface area contributed by atoms with Crippen molar-refractivity contribution in [3.8, 4) is 0 Å². The van der Waals surface area contributed by atoms with Gasteiger partial charge in [-0.1, -0.05) is 29.8 Å². The van der Waals surface area contributed by atoms with Crippen molar-refractivity contribution < 1.29 is 9.59 Å². The summed E-state index contributed by atoms with van der Waals surface area (Å²) in [7, 11) is 1.79. The van der Waals surface area contributed by atoms with Crippen LogP contribution in [0.1, 0.15) is 35.6 Å². The second-order valence-corrected chi connectivity index (χ2v) is 6.58. The fourth-order valence-electron chi connectivity index (χ4n) is 3.35. The first-order chi connectivity index (χ1) is 12.1. The highest BCUT2D eigenvalue weighted by Crippen LogP contribution is 2.36. The molecular weight excluding hydrogens is 314 g/mol. The van der Waals surface area contributed by atoms with Gasteiger partial charge in [-0.25, -0.2) is 0 Å². The van der Waals surface area contributed by atoms with Crippen LogP contribution in [0.4, 0.5) is 0 Å². The number of nitrogens with one attached hydrogen (secondary N) is 1. The van der Waals surface area contributed by atoms with Gasteiger partial charge in [0.2, 0.25) is 11.8 Å². The van der Waals surface area contributed by atoms with Crippen molar-refractivity contribution in [3.05, 3.63) is 65.5 Å². The number of aromatic nitrogens is 1. The minimum absolute atomic E-state index is 0.0123. The molecule has 1 fully saturated rings. The molecule has 2 atom stereocenters. The lowest BCUT2D eigenvalue weighted by molar-refractivity contribution is -0.141. The SMILES string of the molecule is Cc1ccc([C@@H]2[C@@H](C(=O)NCc3ccncc3)CCC(=O)N2C)cc1. The average Bonchev–Trinajstić information content (AvgIpc) is 2.63. The summed E-state index contributed by atoms with van der Waals surface area (Å²) < 4.78 is 0. The Morgan fingerprint density at radius 2 is 1.88 bits per heavy atom. The fourth-order valence-corrected chi connectivity index (χ4v) is 3.35. The van der Waals surface area contributed by atoms with Crippen LogP contribution in [0.5, 0.6) is 0 Å². The monoisotopic (exact) mass is 337 g/mol. The van der Waals surface area contributed by atoms with Crippen molar-refractivity contribution in [3.63, 3.8) is 0 Å². The number of benzene rings is 1. The van der Waals surface area contributed by atoms with Crippen LogP contribution in [0.15, 0.2) is 48.8 Å². The van der Waals surface area contributed by atoms with Gasteiger partial charge < -0.3 is 10.2 Å². The number of aryl methyl sites for hydroxylation is 1. The molecule has 2 heterocycles. The quantitative estimate of drug-likeness (QED) is 0.933. The molecule has 5 heteroatoms. The van der Waals surface area contributed by atoms with E-state index in [2.05, 4.69) is 10.3 Å². The number of carbonyl (C=O) groups excluding carboxylic acids is 2. The van der Waals surface area contributed by atoms with E-state index in [9.17, 15) is 9.59 Å². The summed E-state index contributed by atoms with van der Waals surface area (Å²) >= 11 is 0. The van der Waals surface area contributed by atoms with Gasteiger partial charge in [-0.3, -0.25) is 14.6 Å². The Balaban J connectivity index is 1.78. The second kappa shape index (κ2) is 7.47. The lowest BCUT2D eigenvalue weighted by Crippen LogP contribution is -2.46. The number of piperidine rings is 1. The number of amides is 2. The second-order valence-electron chi connectivity index (χ2n) is 6.58. The third-order valence-corrected chi connectivity index (χ3v) is 4.83. The van der Waals surface area contributed by atoms with E-state index in [0.29, 0.717) is 19.4 Å². The summed E-state index contributed by atoms with van der Waals surface area (Å²) in [6.45, 7) is 2.49. The van der Waals surface area contributed by atoms with E-state index in [1.807, 2.05) is 43.3 Å². The molecule has 1 aliphatic heterocycles. The molecular formula is C20H23N3O2. The number of likely N-dealkylation sites (tertiary alicyclic amines) is 1. The minimum Gasteiger partial charge on any atom is -0.352 e. The van der Waals surface area contributed by atoms with E-state index in [4.69, 9.17) is 0 Å². The first kappa shape index (κ1) is 17.1. The van der Waals surface area contributed by atoms with E-state index in [0.717, 1.165) is 16.7 Å². The Hall–Kier alpha value is -2.69. The van der Waals surface area contributed by atoms with E-state index in [1.165, 1.54) is 0 Å². The zero-order chi connectivity index (χ0) is 17.8. The predicted molar refractivity (Wildman–Crippen MR) is 95.5 cm³/mol. The topological polar surface area (TPSA) is 62.3 Å². The van der Waals surface area contributed by atoms with Gasteiger partial charge in [0.1, 0.15) is 0 Å². The number of carbonyl (C=O) groups is 2. The highest BCUT2D eigenvalue weighted by molar-refractivity contribution is 5.84. The molecule has 2 aromatic rings. The van der Waals surface area contributed by atoms with Crippen molar-refractivity contribution >= 4 is 11.8 Å². The third-order valence-electron chi connectivity index (χ3n) is 4.83. The van der Waals surface area contributed by atoms with Gasteiger partial charge in [0.05, 0.1) is 12.0 Å². The van der Waals surface area contributed by atoms with Crippen LogP contribution in [0.25, 0.3) is 0 Å². The molecule has 3 rings (SSSR count). The van der Waals surface area contributed by atoms with E-state index in [1.54, 1.807) is 24.3 Å². The first-order valence-corrected chi connectivity index (χ1v) is 8.55. The standard InChI is InChI=1S/C20H23N3O2/c1-14-3-5-16(6-4-14)19-17(7-8-18(24)23(19)2)20(25)22-13-15-9-11-21-12-10-15/h3-6,9-12,17,19H,7-8,13H2,1-2H3,(H,22,25)/t17-,19+/m0/s1. The Bertz CT molecular complexity index is 743. The highest BCUT2D eigenvalue weighted by Gasteiger charge is 2.38. The molecule has 2 amide bonds. The first-order valence-electron chi connectivity index (χ1n) is 8.55. The molecule has 5 nitrogen and oxygen atoms in total. The van der Waals surface area contributed by atoms with E-state index < -0.39 is 0 Å². The maximum absolute atomic E-state index is 12.8.